The second-order valence-corrected chi connectivity index (χ2v) is 16.4. The van der Waals surface area contributed by atoms with Crippen molar-refractivity contribution in [1.82, 2.24) is 4.98 Å². The Morgan fingerprint density at radius 2 is 0.981 bits per heavy atom. The lowest BCUT2D eigenvalue weighted by Gasteiger charge is -2.24. The smallest absolute Gasteiger partial charge is 0.0702 e. The van der Waals surface area contributed by atoms with Crippen molar-refractivity contribution >= 4 is 32.3 Å². The van der Waals surface area contributed by atoms with Crippen molar-refractivity contribution in [3.63, 3.8) is 0 Å². The Morgan fingerprint density at radius 1 is 0.434 bits per heavy atom. The first kappa shape index (κ1) is 31.7. The van der Waals surface area contributed by atoms with E-state index in [9.17, 15) is 0 Å². The molecular weight excluding hydrogens is 639 g/mol. The topological polar surface area (TPSA) is 12.9 Å². The Labute approximate surface area is 312 Å². The number of fused-ring (bicyclic) bond motifs is 3. The standard InChI is InChI=1S/C52H41N/c1-51(2,3)39-27-37-20-24-42-44(34-16-14-33(15-17-34)32-11-7-6-8-12-32)31-45(43-25-21-38(28-39)49(37)50(42)43)35-18-22-40-41-23-19-36(48-13-9-10-26-53-48)30-47(41)52(4,5)46(40)29-35/h6-31H,1-5H3. The Kier molecular flexibility index (Phi) is 6.86. The zero-order valence-electron chi connectivity index (χ0n) is 31.0. The van der Waals surface area contributed by atoms with E-state index in [1.807, 2.05) is 12.3 Å². The van der Waals surface area contributed by atoms with Gasteiger partial charge in [0.2, 0.25) is 0 Å². The monoisotopic (exact) mass is 679 g/mol. The minimum absolute atomic E-state index is 0.0639. The van der Waals surface area contributed by atoms with Gasteiger partial charge in [-0.05, 0) is 129 Å². The zero-order valence-corrected chi connectivity index (χ0v) is 31.0. The highest BCUT2D eigenvalue weighted by Crippen LogP contribution is 2.52. The van der Waals surface area contributed by atoms with E-state index in [0.717, 1.165) is 11.3 Å². The maximum Gasteiger partial charge on any atom is 0.0702 e. The fraction of sp³-hybridized carbons (Fsp3) is 0.135. The molecule has 9 aromatic rings. The minimum atomic E-state index is -0.158. The van der Waals surface area contributed by atoms with Gasteiger partial charge in [-0.25, -0.2) is 0 Å². The fourth-order valence-electron chi connectivity index (χ4n) is 8.90. The largest absolute Gasteiger partial charge is 0.256 e. The maximum atomic E-state index is 4.66. The minimum Gasteiger partial charge on any atom is -0.256 e. The Bertz CT molecular complexity index is 2830. The zero-order chi connectivity index (χ0) is 36.1. The van der Waals surface area contributed by atoms with Gasteiger partial charge in [0.05, 0.1) is 5.69 Å². The van der Waals surface area contributed by atoms with Gasteiger partial charge in [-0.1, -0.05) is 156 Å². The third kappa shape index (κ3) is 4.95. The Balaban J connectivity index is 1.19. The molecule has 1 aliphatic carbocycles. The number of nitrogens with zero attached hydrogens (tertiary/aromatic N) is 1. The molecule has 1 aliphatic rings. The number of hydrogen-bond acceptors (Lipinski definition) is 1. The fourth-order valence-corrected chi connectivity index (χ4v) is 8.90. The van der Waals surface area contributed by atoms with E-state index in [2.05, 4.69) is 185 Å². The third-order valence-electron chi connectivity index (χ3n) is 11.8. The molecule has 0 unspecified atom stereocenters. The van der Waals surface area contributed by atoms with E-state index in [0.29, 0.717) is 0 Å². The van der Waals surface area contributed by atoms with Crippen LogP contribution >= 0.6 is 0 Å². The second kappa shape index (κ2) is 11.5. The summed E-state index contributed by atoms with van der Waals surface area (Å²) < 4.78 is 0. The molecule has 1 heteroatoms. The van der Waals surface area contributed by atoms with Crippen molar-refractivity contribution in [3.8, 4) is 55.8 Å². The van der Waals surface area contributed by atoms with Gasteiger partial charge in [0.15, 0.2) is 0 Å². The van der Waals surface area contributed by atoms with Crippen LogP contribution in [0.5, 0.6) is 0 Å². The van der Waals surface area contributed by atoms with Crippen LogP contribution in [-0.4, -0.2) is 4.98 Å². The molecule has 0 N–H and O–H groups in total. The lowest BCUT2D eigenvalue weighted by Crippen LogP contribution is -2.15. The number of aromatic nitrogens is 1. The molecule has 0 saturated heterocycles. The summed E-state index contributed by atoms with van der Waals surface area (Å²) in [6.45, 7) is 11.7. The Morgan fingerprint density at radius 3 is 1.60 bits per heavy atom. The molecule has 10 rings (SSSR count). The van der Waals surface area contributed by atoms with Crippen LogP contribution in [0.25, 0.3) is 88.1 Å². The van der Waals surface area contributed by atoms with Gasteiger partial charge in [0.1, 0.15) is 0 Å². The molecule has 0 radical (unpaired) electrons. The van der Waals surface area contributed by atoms with Gasteiger partial charge < -0.3 is 0 Å². The van der Waals surface area contributed by atoms with E-state index in [4.69, 9.17) is 0 Å². The third-order valence-corrected chi connectivity index (χ3v) is 11.8. The van der Waals surface area contributed by atoms with Gasteiger partial charge in [-0.2, -0.15) is 0 Å². The quantitative estimate of drug-likeness (QED) is 0.169. The highest BCUT2D eigenvalue weighted by Gasteiger charge is 2.36. The van der Waals surface area contributed by atoms with Crippen molar-refractivity contribution in [3.05, 3.63) is 175 Å². The number of rotatable bonds is 4. The van der Waals surface area contributed by atoms with E-state index in [-0.39, 0.29) is 10.8 Å². The molecule has 0 spiro atoms. The summed E-state index contributed by atoms with van der Waals surface area (Å²) in [6, 6.07) is 56.7. The highest BCUT2D eigenvalue weighted by molar-refractivity contribution is 6.28. The number of pyridine rings is 1. The van der Waals surface area contributed by atoms with E-state index < -0.39 is 0 Å². The molecule has 8 aromatic carbocycles. The normalized spacial score (nSPS) is 13.5. The maximum absolute atomic E-state index is 4.66. The first-order chi connectivity index (χ1) is 25.6. The molecule has 1 heterocycles. The molecule has 0 fully saturated rings. The lowest BCUT2D eigenvalue weighted by atomic mass is 9.79. The van der Waals surface area contributed by atoms with Crippen LogP contribution in [-0.2, 0) is 10.8 Å². The van der Waals surface area contributed by atoms with Crippen LogP contribution in [0.15, 0.2) is 158 Å². The van der Waals surface area contributed by atoms with Gasteiger partial charge >= 0.3 is 0 Å². The van der Waals surface area contributed by atoms with Crippen molar-refractivity contribution < 1.29 is 0 Å². The lowest BCUT2D eigenvalue weighted by molar-refractivity contribution is 0.591. The average Bonchev–Trinajstić information content (AvgIpc) is 3.41. The average molecular weight is 680 g/mol. The molecule has 0 saturated carbocycles. The summed E-state index contributed by atoms with van der Waals surface area (Å²) in [5.41, 5.74) is 16.3. The van der Waals surface area contributed by atoms with Crippen LogP contribution in [0.4, 0.5) is 0 Å². The number of benzene rings is 8. The van der Waals surface area contributed by atoms with Crippen molar-refractivity contribution in [1.29, 1.82) is 0 Å². The highest BCUT2D eigenvalue weighted by atomic mass is 14.7. The molecule has 0 atom stereocenters. The van der Waals surface area contributed by atoms with Crippen LogP contribution in [0.2, 0.25) is 0 Å². The van der Waals surface area contributed by atoms with Gasteiger partial charge in [-0.15, -0.1) is 0 Å². The summed E-state index contributed by atoms with van der Waals surface area (Å²) in [6.07, 6.45) is 1.88. The summed E-state index contributed by atoms with van der Waals surface area (Å²) in [4.78, 5) is 4.66. The van der Waals surface area contributed by atoms with Crippen molar-refractivity contribution in [2.24, 2.45) is 0 Å². The second-order valence-electron chi connectivity index (χ2n) is 16.4. The van der Waals surface area contributed by atoms with Crippen molar-refractivity contribution in [2.75, 3.05) is 0 Å². The van der Waals surface area contributed by atoms with Crippen LogP contribution < -0.4 is 0 Å². The predicted molar refractivity (Wildman–Crippen MR) is 226 cm³/mol. The molecule has 53 heavy (non-hydrogen) atoms. The first-order valence-electron chi connectivity index (χ1n) is 18.8. The molecule has 0 amide bonds. The van der Waals surface area contributed by atoms with Crippen molar-refractivity contribution in [2.45, 2.75) is 45.4 Å². The van der Waals surface area contributed by atoms with Gasteiger partial charge in [0, 0.05) is 17.2 Å². The molecule has 254 valence electrons. The van der Waals surface area contributed by atoms with Crippen LogP contribution in [0.3, 0.4) is 0 Å². The number of hydrogen-bond donors (Lipinski definition) is 0. The summed E-state index contributed by atoms with van der Waals surface area (Å²) in [5, 5.41) is 7.92. The molecule has 1 nitrogen and oxygen atoms in total. The molecule has 0 bridgehead atoms. The molecule has 0 aliphatic heterocycles. The van der Waals surface area contributed by atoms with E-state index in [1.54, 1.807) is 0 Å². The predicted octanol–water partition coefficient (Wildman–Crippen LogP) is 14.3. The van der Waals surface area contributed by atoms with Gasteiger partial charge in [-0.3, -0.25) is 4.98 Å². The first-order valence-corrected chi connectivity index (χ1v) is 18.8. The Hall–Kier alpha value is -6.05. The van der Waals surface area contributed by atoms with Crippen LogP contribution in [0, 0.1) is 0 Å². The SMILES string of the molecule is CC(C)(C)c1cc2ccc3c(-c4ccc(-c5ccccc5)cc4)cc(-c4ccc5c(c4)C(C)(C)c4cc(-c6ccccn6)ccc4-5)c4ccc(c1)c2c34. The molecular formula is C52H41N. The van der Waals surface area contributed by atoms with Crippen LogP contribution in [0.1, 0.15) is 51.3 Å². The summed E-state index contributed by atoms with van der Waals surface area (Å²) in [7, 11) is 0. The van der Waals surface area contributed by atoms with E-state index >= 15 is 0 Å². The van der Waals surface area contributed by atoms with E-state index in [1.165, 1.54) is 93.5 Å². The molecule has 1 aromatic heterocycles. The summed E-state index contributed by atoms with van der Waals surface area (Å²) in [5.74, 6) is 0. The summed E-state index contributed by atoms with van der Waals surface area (Å²) >= 11 is 0. The van der Waals surface area contributed by atoms with Gasteiger partial charge in [0.25, 0.3) is 0 Å².